The molecule has 0 saturated carbocycles. The Hall–Kier alpha value is -3.94. The van der Waals surface area contributed by atoms with E-state index in [2.05, 4.69) is 4.74 Å². The van der Waals surface area contributed by atoms with Gasteiger partial charge >= 0.3 is 11.9 Å². The minimum Gasteiger partial charge on any atom is -0.495 e. The van der Waals surface area contributed by atoms with Gasteiger partial charge < -0.3 is 14.2 Å². The second-order valence-electron chi connectivity index (χ2n) is 7.06. The molecule has 2 aromatic carbocycles. The fourth-order valence-electron chi connectivity index (χ4n) is 3.58. The van der Waals surface area contributed by atoms with Crippen LogP contribution in [-0.2, 0) is 35.0 Å². The van der Waals surface area contributed by atoms with Crippen molar-refractivity contribution in [1.82, 2.24) is 0 Å². The number of esters is 2. The van der Waals surface area contributed by atoms with Gasteiger partial charge in [-0.1, -0.05) is 30.3 Å². The number of amides is 2. The summed E-state index contributed by atoms with van der Waals surface area (Å²) in [5.41, 5.74) is 2.77. The van der Waals surface area contributed by atoms with Crippen LogP contribution in [0.1, 0.15) is 40.4 Å². The number of imide groups is 1. The number of rotatable bonds is 6. The summed E-state index contributed by atoms with van der Waals surface area (Å²) in [5, 5.41) is 0. The molecule has 0 aliphatic carbocycles. The number of carbonyl (C=O) groups excluding carboxylic acids is 4. The molecule has 0 radical (unpaired) electrons. The van der Waals surface area contributed by atoms with Gasteiger partial charge in [-0.2, -0.15) is 0 Å². The summed E-state index contributed by atoms with van der Waals surface area (Å²) in [5.74, 6) is -1.60. The van der Waals surface area contributed by atoms with Crippen molar-refractivity contribution < 1.29 is 33.4 Å². The van der Waals surface area contributed by atoms with Crippen molar-refractivity contribution in [2.24, 2.45) is 0 Å². The van der Waals surface area contributed by atoms with E-state index in [9.17, 15) is 19.2 Å². The quantitative estimate of drug-likeness (QED) is 0.389. The van der Waals surface area contributed by atoms with Crippen molar-refractivity contribution in [2.75, 3.05) is 26.2 Å². The van der Waals surface area contributed by atoms with E-state index in [1.165, 1.54) is 40.4 Å². The summed E-state index contributed by atoms with van der Waals surface area (Å²) in [4.78, 5) is 49.8. The highest BCUT2D eigenvalue weighted by atomic mass is 16.5. The molecule has 1 heterocycles. The number of fused-ring (bicyclic) bond motifs is 1. The van der Waals surface area contributed by atoms with Crippen molar-refractivity contribution in [2.45, 2.75) is 19.8 Å². The van der Waals surface area contributed by atoms with Gasteiger partial charge in [-0.15, -0.1) is 0 Å². The Morgan fingerprint density at radius 1 is 0.875 bits per heavy atom. The first-order chi connectivity index (χ1) is 15.3. The maximum absolute atomic E-state index is 13.2. The normalized spacial score (nSPS) is 14.0. The van der Waals surface area contributed by atoms with Crippen molar-refractivity contribution >= 4 is 40.8 Å². The molecule has 166 valence electrons. The number of ether oxygens (including phenoxy) is 3. The lowest BCUT2D eigenvalue weighted by Gasteiger charge is -2.13. The predicted octanol–water partition coefficient (Wildman–Crippen LogP) is 2.99. The molecule has 8 heteroatoms. The molecule has 3 rings (SSSR count). The van der Waals surface area contributed by atoms with E-state index in [0.29, 0.717) is 29.0 Å². The molecule has 0 bridgehead atoms. The maximum Gasteiger partial charge on any atom is 0.337 e. The summed E-state index contributed by atoms with van der Waals surface area (Å²) in [6.45, 7) is 1.28. The van der Waals surface area contributed by atoms with Crippen molar-refractivity contribution in [3.63, 3.8) is 0 Å². The summed E-state index contributed by atoms with van der Waals surface area (Å²) < 4.78 is 15.0. The van der Waals surface area contributed by atoms with Crippen LogP contribution in [0.25, 0.3) is 11.3 Å². The number of carbonyl (C=O) groups is 4. The highest BCUT2D eigenvalue weighted by Gasteiger charge is 2.38. The summed E-state index contributed by atoms with van der Waals surface area (Å²) in [6.07, 6.45) is 0.776. The van der Waals surface area contributed by atoms with Crippen LogP contribution in [0.3, 0.4) is 0 Å². The van der Waals surface area contributed by atoms with Gasteiger partial charge in [0.15, 0.2) is 0 Å². The van der Waals surface area contributed by atoms with Crippen LogP contribution < -0.4 is 4.90 Å². The van der Waals surface area contributed by atoms with Gasteiger partial charge in [0, 0.05) is 24.5 Å². The largest absolute Gasteiger partial charge is 0.495 e. The molecule has 0 spiro atoms. The molecule has 1 aliphatic rings. The number of hydrogen-bond acceptors (Lipinski definition) is 7. The van der Waals surface area contributed by atoms with Crippen molar-refractivity contribution in [3.8, 4) is 0 Å². The molecule has 0 aromatic heterocycles. The molecular weight excluding hydrogens is 414 g/mol. The monoisotopic (exact) mass is 437 g/mol. The predicted molar refractivity (Wildman–Crippen MR) is 117 cm³/mol. The highest BCUT2D eigenvalue weighted by molar-refractivity contribution is 6.43. The minimum absolute atomic E-state index is 0.219. The molecule has 0 saturated heterocycles. The summed E-state index contributed by atoms with van der Waals surface area (Å²) in [6, 6.07) is 11.8. The van der Waals surface area contributed by atoms with E-state index < -0.39 is 17.8 Å². The van der Waals surface area contributed by atoms with Gasteiger partial charge in [0.25, 0.3) is 5.91 Å². The standard InChI is InChI=1S/C24H23NO7/c1-14(26)25-19-13-17(24(29)32-4)10-11-18(19)21(23(25)28)22(31-3)16-8-5-15(6-9-16)7-12-20(27)30-2/h5-6,8-11,13H,7,12H2,1-4H3. The lowest BCUT2D eigenvalue weighted by Crippen LogP contribution is -2.31. The Bertz CT molecular complexity index is 1120. The van der Waals surface area contributed by atoms with Crippen LogP contribution in [0.2, 0.25) is 0 Å². The van der Waals surface area contributed by atoms with Gasteiger partial charge in [0.1, 0.15) is 5.76 Å². The second-order valence-corrected chi connectivity index (χ2v) is 7.06. The SMILES string of the molecule is COC(=O)CCc1ccc(C(OC)=C2C(=O)N(C(C)=O)c3cc(C(=O)OC)ccc32)cc1. The Morgan fingerprint density at radius 2 is 1.53 bits per heavy atom. The average Bonchev–Trinajstić information content (AvgIpc) is 3.09. The van der Waals surface area contributed by atoms with E-state index in [-0.39, 0.29) is 23.5 Å². The lowest BCUT2D eigenvalue weighted by molar-refractivity contribution is -0.140. The van der Waals surface area contributed by atoms with Crippen LogP contribution in [0.4, 0.5) is 5.69 Å². The minimum atomic E-state index is -0.573. The third kappa shape index (κ3) is 4.25. The third-order valence-electron chi connectivity index (χ3n) is 5.15. The van der Waals surface area contributed by atoms with Crippen LogP contribution in [0.15, 0.2) is 42.5 Å². The number of methoxy groups -OCH3 is 3. The molecule has 32 heavy (non-hydrogen) atoms. The van der Waals surface area contributed by atoms with E-state index in [1.807, 2.05) is 12.1 Å². The Balaban J connectivity index is 2.06. The summed E-state index contributed by atoms with van der Waals surface area (Å²) in [7, 11) is 4.05. The van der Waals surface area contributed by atoms with Gasteiger partial charge in [-0.05, 0) is 24.1 Å². The van der Waals surface area contributed by atoms with Crippen molar-refractivity contribution in [1.29, 1.82) is 0 Å². The van der Waals surface area contributed by atoms with Gasteiger partial charge in [-0.25, -0.2) is 9.69 Å². The molecule has 0 unspecified atom stereocenters. The first-order valence-electron chi connectivity index (χ1n) is 9.84. The van der Waals surface area contributed by atoms with E-state index >= 15 is 0 Å². The van der Waals surface area contributed by atoms with Crippen LogP contribution >= 0.6 is 0 Å². The molecule has 0 fully saturated rings. The van der Waals surface area contributed by atoms with Crippen LogP contribution in [0.5, 0.6) is 0 Å². The van der Waals surface area contributed by atoms with Gasteiger partial charge in [0.2, 0.25) is 5.91 Å². The number of benzene rings is 2. The fourth-order valence-corrected chi connectivity index (χ4v) is 3.58. The molecule has 2 amide bonds. The van der Waals surface area contributed by atoms with E-state index in [0.717, 1.165) is 10.5 Å². The van der Waals surface area contributed by atoms with Crippen LogP contribution in [-0.4, -0.2) is 45.1 Å². The highest BCUT2D eigenvalue weighted by Crippen LogP contribution is 2.41. The maximum atomic E-state index is 13.2. The number of hydrogen-bond donors (Lipinski definition) is 0. The zero-order chi connectivity index (χ0) is 23.4. The smallest absolute Gasteiger partial charge is 0.337 e. The number of nitrogens with zero attached hydrogens (tertiary/aromatic N) is 1. The van der Waals surface area contributed by atoms with Crippen molar-refractivity contribution in [3.05, 3.63) is 64.7 Å². The average molecular weight is 437 g/mol. The number of anilines is 1. The topological polar surface area (TPSA) is 99.2 Å². The first-order valence-corrected chi connectivity index (χ1v) is 9.84. The zero-order valence-electron chi connectivity index (χ0n) is 18.3. The summed E-state index contributed by atoms with van der Waals surface area (Å²) >= 11 is 0. The molecule has 0 N–H and O–H groups in total. The van der Waals surface area contributed by atoms with Crippen LogP contribution in [0, 0.1) is 0 Å². The number of aryl methyl sites for hydroxylation is 1. The zero-order valence-corrected chi connectivity index (χ0v) is 18.3. The molecular formula is C24H23NO7. The Morgan fingerprint density at radius 3 is 2.09 bits per heavy atom. The Kier molecular flexibility index (Phi) is 6.73. The van der Waals surface area contributed by atoms with Gasteiger partial charge in [-0.3, -0.25) is 14.4 Å². The molecule has 8 nitrogen and oxygen atoms in total. The third-order valence-corrected chi connectivity index (χ3v) is 5.15. The first kappa shape index (κ1) is 22.7. The molecule has 2 aromatic rings. The molecule has 0 atom stereocenters. The fraction of sp³-hybridized carbons (Fsp3) is 0.250. The van der Waals surface area contributed by atoms with E-state index in [1.54, 1.807) is 18.2 Å². The molecule has 1 aliphatic heterocycles. The lowest BCUT2D eigenvalue weighted by atomic mass is 9.99. The Labute approximate surface area is 185 Å². The second kappa shape index (κ2) is 9.47. The van der Waals surface area contributed by atoms with E-state index in [4.69, 9.17) is 9.47 Å². The van der Waals surface area contributed by atoms with Gasteiger partial charge in [0.05, 0.1) is 38.2 Å².